The molecule has 0 rings (SSSR count). The predicted octanol–water partition coefficient (Wildman–Crippen LogP) is -0.892. The molecule has 0 saturated heterocycles. The SMILES string of the molecule is CC[C@H](C)[C@H](N)C(=O)O.NC(=O)CC[C@H](N)C(=O)O. The summed E-state index contributed by atoms with van der Waals surface area (Å²) < 4.78 is 0. The van der Waals surface area contributed by atoms with Gasteiger partial charge in [0, 0.05) is 6.42 Å². The largest absolute Gasteiger partial charge is 0.480 e. The minimum atomic E-state index is -1.11. The molecular weight excluding hydrogens is 254 g/mol. The van der Waals surface area contributed by atoms with Crippen LogP contribution in [0.1, 0.15) is 33.1 Å². The van der Waals surface area contributed by atoms with Crippen molar-refractivity contribution in [2.24, 2.45) is 23.1 Å². The number of nitrogens with two attached hydrogens (primary N) is 3. The van der Waals surface area contributed by atoms with Crippen molar-refractivity contribution in [1.82, 2.24) is 0 Å². The Balaban J connectivity index is 0. The lowest BCUT2D eigenvalue weighted by molar-refractivity contribution is -0.140. The van der Waals surface area contributed by atoms with E-state index in [1.807, 2.05) is 13.8 Å². The van der Waals surface area contributed by atoms with Crippen molar-refractivity contribution in [3.8, 4) is 0 Å². The summed E-state index contributed by atoms with van der Waals surface area (Å²) in [6, 6.07) is -1.68. The fraction of sp³-hybridized carbons (Fsp3) is 0.727. The third kappa shape index (κ3) is 11.2. The minimum Gasteiger partial charge on any atom is -0.480 e. The monoisotopic (exact) mass is 277 g/mol. The number of carbonyl (C=O) groups excluding carboxylic acids is 1. The van der Waals surface area contributed by atoms with E-state index in [2.05, 4.69) is 0 Å². The molecular formula is C11H23N3O5. The third-order valence-corrected chi connectivity index (χ3v) is 2.56. The molecule has 0 fully saturated rings. The number of hydrogen-bond acceptors (Lipinski definition) is 5. The van der Waals surface area contributed by atoms with Gasteiger partial charge in [0.15, 0.2) is 0 Å². The Morgan fingerprint density at radius 2 is 1.58 bits per heavy atom. The first kappa shape index (κ1) is 19.7. The molecule has 8 N–H and O–H groups in total. The second kappa shape index (κ2) is 10.3. The summed E-state index contributed by atoms with van der Waals surface area (Å²) in [4.78, 5) is 30.3. The molecule has 0 heterocycles. The summed E-state index contributed by atoms with van der Waals surface area (Å²) in [7, 11) is 0. The van der Waals surface area contributed by atoms with Crippen molar-refractivity contribution in [2.45, 2.75) is 45.2 Å². The summed E-state index contributed by atoms with van der Waals surface area (Å²) >= 11 is 0. The first-order valence-corrected chi connectivity index (χ1v) is 5.88. The highest BCUT2D eigenvalue weighted by Gasteiger charge is 2.17. The topological polar surface area (TPSA) is 170 Å². The number of carboxylic acids is 2. The maximum Gasteiger partial charge on any atom is 0.320 e. The van der Waals surface area contributed by atoms with Gasteiger partial charge in [0.1, 0.15) is 12.1 Å². The number of carboxylic acid groups (broad SMARTS) is 2. The average molecular weight is 277 g/mol. The second-order valence-corrected chi connectivity index (χ2v) is 4.20. The van der Waals surface area contributed by atoms with Crippen LogP contribution in [0.3, 0.4) is 0 Å². The number of carbonyl (C=O) groups is 3. The lowest BCUT2D eigenvalue weighted by atomic mass is 10.0. The van der Waals surface area contributed by atoms with Crippen molar-refractivity contribution in [3.63, 3.8) is 0 Å². The van der Waals surface area contributed by atoms with E-state index in [9.17, 15) is 14.4 Å². The Hall–Kier alpha value is -1.67. The Morgan fingerprint density at radius 3 is 1.79 bits per heavy atom. The normalized spacial score (nSPS) is 14.5. The van der Waals surface area contributed by atoms with Crippen LogP contribution in [0.2, 0.25) is 0 Å². The molecule has 0 spiro atoms. The molecule has 0 aliphatic carbocycles. The second-order valence-electron chi connectivity index (χ2n) is 4.20. The van der Waals surface area contributed by atoms with E-state index in [-0.39, 0.29) is 18.8 Å². The Kier molecular flexibility index (Phi) is 10.6. The van der Waals surface area contributed by atoms with Gasteiger partial charge >= 0.3 is 11.9 Å². The molecule has 0 bridgehead atoms. The molecule has 0 aromatic rings. The molecule has 0 aliphatic heterocycles. The molecule has 0 aromatic heterocycles. The van der Waals surface area contributed by atoms with E-state index < -0.39 is 29.9 Å². The number of hydrogen-bond donors (Lipinski definition) is 5. The van der Waals surface area contributed by atoms with E-state index in [0.29, 0.717) is 0 Å². The van der Waals surface area contributed by atoms with Crippen LogP contribution < -0.4 is 17.2 Å². The van der Waals surface area contributed by atoms with Crippen molar-refractivity contribution in [3.05, 3.63) is 0 Å². The van der Waals surface area contributed by atoms with Crippen LogP contribution in [0.5, 0.6) is 0 Å². The van der Waals surface area contributed by atoms with Gasteiger partial charge in [-0.1, -0.05) is 20.3 Å². The molecule has 3 atom stereocenters. The molecule has 112 valence electrons. The number of aliphatic carboxylic acids is 2. The summed E-state index contributed by atoms with van der Waals surface area (Å²) in [6.07, 6.45) is 0.936. The number of amides is 1. The highest BCUT2D eigenvalue weighted by molar-refractivity contribution is 5.77. The van der Waals surface area contributed by atoms with Crippen molar-refractivity contribution < 1.29 is 24.6 Å². The Morgan fingerprint density at radius 1 is 1.11 bits per heavy atom. The van der Waals surface area contributed by atoms with Crippen LogP contribution in [0.15, 0.2) is 0 Å². The zero-order chi connectivity index (χ0) is 15.6. The molecule has 1 amide bonds. The zero-order valence-corrected chi connectivity index (χ0v) is 11.2. The smallest absolute Gasteiger partial charge is 0.320 e. The van der Waals surface area contributed by atoms with Gasteiger partial charge in [-0.3, -0.25) is 14.4 Å². The van der Waals surface area contributed by atoms with Crippen molar-refractivity contribution >= 4 is 17.8 Å². The van der Waals surface area contributed by atoms with E-state index in [0.717, 1.165) is 6.42 Å². The van der Waals surface area contributed by atoms with Crippen LogP contribution in [0.25, 0.3) is 0 Å². The van der Waals surface area contributed by atoms with Crippen molar-refractivity contribution in [1.29, 1.82) is 0 Å². The van der Waals surface area contributed by atoms with Crippen LogP contribution in [0, 0.1) is 5.92 Å². The molecule has 0 saturated carbocycles. The highest BCUT2D eigenvalue weighted by Crippen LogP contribution is 2.04. The third-order valence-electron chi connectivity index (χ3n) is 2.56. The minimum absolute atomic E-state index is 0.0213. The van der Waals surface area contributed by atoms with Crippen LogP contribution >= 0.6 is 0 Å². The van der Waals surface area contributed by atoms with Gasteiger partial charge in [0.2, 0.25) is 5.91 Å². The first-order chi connectivity index (χ1) is 8.63. The van der Waals surface area contributed by atoms with Gasteiger partial charge in [-0.25, -0.2) is 0 Å². The van der Waals surface area contributed by atoms with Gasteiger partial charge in [-0.2, -0.15) is 0 Å². The highest BCUT2D eigenvalue weighted by atomic mass is 16.4. The molecule has 8 heteroatoms. The molecule has 0 unspecified atom stereocenters. The average Bonchev–Trinajstić information content (AvgIpc) is 2.34. The van der Waals surface area contributed by atoms with Gasteiger partial charge < -0.3 is 27.4 Å². The maximum atomic E-state index is 10.2. The summed E-state index contributed by atoms with van der Waals surface area (Å²) in [5.74, 6) is -2.48. The fourth-order valence-corrected chi connectivity index (χ4v) is 0.919. The molecule has 0 radical (unpaired) electrons. The van der Waals surface area contributed by atoms with Crippen LogP contribution in [-0.4, -0.2) is 40.1 Å². The Bertz CT molecular complexity index is 309. The lowest BCUT2D eigenvalue weighted by Gasteiger charge is -2.11. The van der Waals surface area contributed by atoms with Gasteiger partial charge in [0.05, 0.1) is 0 Å². The Labute approximate surface area is 111 Å². The summed E-state index contributed by atoms with van der Waals surface area (Å²) in [6.45, 7) is 3.76. The van der Waals surface area contributed by atoms with Crippen molar-refractivity contribution in [2.75, 3.05) is 0 Å². The van der Waals surface area contributed by atoms with E-state index in [4.69, 9.17) is 27.4 Å². The fourth-order valence-electron chi connectivity index (χ4n) is 0.919. The van der Waals surface area contributed by atoms with Gasteiger partial charge in [-0.05, 0) is 12.3 Å². The number of rotatable bonds is 7. The van der Waals surface area contributed by atoms with Gasteiger partial charge in [0.25, 0.3) is 0 Å². The van der Waals surface area contributed by atoms with Crippen LogP contribution in [-0.2, 0) is 14.4 Å². The number of primary amides is 1. The predicted molar refractivity (Wildman–Crippen MR) is 69.1 cm³/mol. The molecule has 8 nitrogen and oxygen atoms in total. The maximum absolute atomic E-state index is 10.2. The first-order valence-electron chi connectivity index (χ1n) is 5.88. The molecule has 19 heavy (non-hydrogen) atoms. The van der Waals surface area contributed by atoms with E-state index in [1.165, 1.54) is 0 Å². The quantitative estimate of drug-likeness (QED) is 0.401. The van der Waals surface area contributed by atoms with Gasteiger partial charge in [-0.15, -0.1) is 0 Å². The summed E-state index contributed by atoms with van der Waals surface area (Å²) in [5, 5.41) is 16.6. The van der Waals surface area contributed by atoms with E-state index in [1.54, 1.807) is 0 Å². The van der Waals surface area contributed by atoms with Crippen LogP contribution in [0.4, 0.5) is 0 Å². The lowest BCUT2D eigenvalue weighted by Crippen LogP contribution is -2.36. The zero-order valence-electron chi connectivity index (χ0n) is 11.2. The standard InChI is InChI=1S/C6H13NO2.C5H10N2O3/c1-3-4(2)5(7)6(8)9;6-3(5(9)10)1-2-4(7)8/h4-5H,3,7H2,1-2H3,(H,8,9);3H,1-2,6H2,(H2,7,8)(H,9,10)/t4-,5-;3-/m00/s1. The molecule has 0 aliphatic rings. The molecule has 0 aromatic carbocycles. The summed E-state index contributed by atoms with van der Waals surface area (Å²) in [5.41, 5.74) is 15.1. The van der Waals surface area contributed by atoms with E-state index >= 15 is 0 Å².